The summed E-state index contributed by atoms with van der Waals surface area (Å²) in [6.45, 7) is 4.53. The predicted molar refractivity (Wildman–Crippen MR) is 64.7 cm³/mol. The topological polar surface area (TPSA) is 69.4 Å². The molecular weight excluding hydrogens is 218 g/mol. The molecule has 0 aliphatic carbocycles. The number of rotatable bonds is 4. The van der Waals surface area contributed by atoms with Crippen molar-refractivity contribution in [3.63, 3.8) is 0 Å². The minimum absolute atomic E-state index is 0.0541. The van der Waals surface area contributed by atoms with E-state index in [2.05, 4.69) is 0 Å². The fourth-order valence-electron chi connectivity index (χ4n) is 1.39. The highest BCUT2D eigenvalue weighted by Crippen LogP contribution is 2.16. The zero-order chi connectivity index (χ0) is 13.1. The Morgan fingerprint density at radius 1 is 1.24 bits per heavy atom. The lowest BCUT2D eigenvalue weighted by molar-refractivity contribution is -0.131. The molecule has 0 fully saturated rings. The van der Waals surface area contributed by atoms with Crippen molar-refractivity contribution in [1.82, 2.24) is 0 Å². The number of Topliss-reactive ketones (excluding diaryl/α,β-unsaturated/α-hetero) is 1. The average Bonchev–Trinajstić information content (AvgIpc) is 2.19. The molecule has 1 unspecified atom stereocenters. The molecule has 1 aromatic carbocycles. The molecule has 0 amide bonds. The molecule has 0 aromatic heterocycles. The smallest absolute Gasteiger partial charge is 0.308 e. The van der Waals surface area contributed by atoms with E-state index >= 15 is 0 Å². The summed E-state index contributed by atoms with van der Waals surface area (Å²) in [6.07, 6.45) is 0.461. The van der Waals surface area contributed by atoms with Crippen LogP contribution in [0, 0.1) is 0 Å². The molecule has 1 rings (SSSR count). The van der Waals surface area contributed by atoms with Gasteiger partial charge in [0.25, 0.3) is 0 Å². The summed E-state index contributed by atoms with van der Waals surface area (Å²) < 4.78 is 4.91. The minimum Gasteiger partial charge on any atom is -0.427 e. The third-order valence-corrected chi connectivity index (χ3v) is 2.56. The van der Waals surface area contributed by atoms with Crippen LogP contribution in [-0.2, 0) is 16.0 Å². The molecule has 0 heterocycles. The molecule has 0 aliphatic heterocycles. The molecule has 0 bridgehead atoms. The standard InChI is InChI=1S/C13H17NO3/c1-9(15)13(3,14)8-11-4-6-12(7-5-11)17-10(2)16/h4-7H,8,14H2,1-3H3. The molecule has 0 radical (unpaired) electrons. The highest BCUT2D eigenvalue weighted by atomic mass is 16.5. The molecular formula is C13H17NO3. The molecule has 17 heavy (non-hydrogen) atoms. The Labute approximate surface area is 101 Å². The summed E-state index contributed by atoms with van der Waals surface area (Å²) in [5.41, 5.74) is 5.95. The van der Waals surface area contributed by atoms with Crippen LogP contribution in [0.3, 0.4) is 0 Å². The zero-order valence-corrected chi connectivity index (χ0v) is 10.3. The van der Waals surface area contributed by atoms with Crippen LogP contribution in [-0.4, -0.2) is 17.3 Å². The third-order valence-electron chi connectivity index (χ3n) is 2.56. The van der Waals surface area contributed by atoms with E-state index in [0.29, 0.717) is 12.2 Å². The van der Waals surface area contributed by atoms with E-state index in [4.69, 9.17) is 10.5 Å². The van der Waals surface area contributed by atoms with Gasteiger partial charge in [0.15, 0.2) is 0 Å². The van der Waals surface area contributed by atoms with E-state index in [1.165, 1.54) is 13.8 Å². The lowest BCUT2D eigenvalue weighted by Gasteiger charge is -2.21. The van der Waals surface area contributed by atoms with Crippen molar-refractivity contribution in [1.29, 1.82) is 0 Å². The first kappa shape index (κ1) is 13.4. The van der Waals surface area contributed by atoms with Crippen LogP contribution in [0.15, 0.2) is 24.3 Å². The number of benzene rings is 1. The van der Waals surface area contributed by atoms with Gasteiger partial charge < -0.3 is 10.5 Å². The number of nitrogens with two attached hydrogens (primary N) is 1. The van der Waals surface area contributed by atoms with Crippen molar-refractivity contribution >= 4 is 11.8 Å². The Hall–Kier alpha value is -1.68. The van der Waals surface area contributed by atoms with Crippen molar-refractivity contribution in [3.8, 4) is 5.75 Å². The molecule has 92 valence electrons. The average molecular weight is 235 g/mol. The highest BCUT2D eigenvalue weighted by Gasteiger charge is 2.24. The second kappa shape index (κ2) is 5.10. The minimum atomic E-state index is -0.858. The number of hydrogen-bond acceptors (Lipinski definition) is 4. The van der Waals surface area contributed by atoms with Gasteiger partial charge >= 0.3 is 5.97 Å². The first-order valence-corrected chi connectivity index (χ1v) is 5.38. The highest BCUT2D eigenvalue weighted by molar-refractivity contribution is 5.85. The fraction of sp³-hybridized carbons (Fsp3) is 0.385. The van der Waals surface area contributed by atoms with Gasteiger partial charge in [0.1, 0.15) is 11.5 Å². The van der Waals surface area contributed by atoms with Gasteiger partial charge in [-0.15, -0.1) is 0 Å². The van der Waals surface area contributed by atoms with Crippen LogP contribution in [0.5, 0.6) is 5.75 Å². The van der Waals surface area contributed by atoms with E-state index in [1.54, 1.807) is 31.2 Å². The Bertz CT molecular complexity index is 421. The summed E-state index contributed by atoms with van der Waals surface area (Å²) in [5.74, 6) is 0.0783. The van der Waals surface area contributed by atoms with E-state index in [9.17, 15) is 9.59 Å². The van der Waals surface area contributed by atoms with E-state index in [0.717, 1.165) is 5.56 Å². The third kappa shape index (κ3) is 4.00. The number of hydrogen-bond donors (Lipinski definition) is 1. The quantitative estimate of drug-likeness (QED) is 0.633. The molecule has 0 spiro atoms. The molecule has 0 saturated heterocycles. The van der Waals surface area contributed by atoms with Gasteiger partial charge in [0.05, 0.1) is 5.54 Å². The molecule has 4 nitrogen and oxygen atoms in total. The predicted octanol–water partition coefficient (Wildman–Crippen LogP) is 1.46. The first-order chi connectivity index (χ1) is 7.81. The maximum atomic E-state index is 11.3. The van der Waals surface area contributed by atoms with Crippen LogP contribution in [0.4, 0.5) is 0 Å². The van der Waals surface area contributed by atoms with Crippen molar-refractivity contribution in [2.45, 2.75) is 32.7 Å². The largest absolute Gasteiger partial charge is 0.427 e. The van der Waals surface area contributed by atoms with Gasteiger partial charge in [-0.05, 0) is 38.0 Å². The van der Waals surface area contributed by atoms with E-state index < -0.39 is 5.54 Å². The van der Waals surface area contributed by atoms with Crippen molar-refractivity contribution in [2.75, 3.05) is 0 Å². The van der Waals surface area contributed by atoms with Crippen molar-refractivity contribution in [2.24, 2.45) is 5.73 Å². The summed E-state index contributed by atoms with van der Waals surface area (Å²) in [4.78, 5) is 22.0. The Balaban J connectivity index is 2.75. The SMILES string of the molecule is CC(=O)Oc1ccc(CC(C)(N)C(C)=O)cc1. The van der Waals surface area contributed by atoms with E-state index in [1.807, 2.05) is 0 Å². The number of esters is 1. The second-order valence-corrected chi connectivity index (χ2v) is 4.39. The van der Waals surface area contributed by atoms with Gasteiger partial charge in [-0.3, -0.25) is 9.59 Å². The Morgan fingerprint density at radius 3 is 2.18 bits per heavy atom. The fourth-order valence-corrected chi connectivity index (χ4v) is 1.39. The molecule has 0 saturated carbocycles. The molecule has 4 heteroatoms. The first-order valence-electron chi connectivity index (χ1n) is 5.38. The summed E-state index contributed by atoms with van der Waals surface area (Å²) in [5, 5.41) is 0. The van der Waals surface area contributed by atoms with Crippen LogP contribution < -0.4 is 10.5 Å². The molecule has 1 aromatic rings. The normalized spacial score (nSPS) is 13.9. The van der Waals surface area contributed by atoms with Gasteiger partial charge in [0, 0.05) is 6.92 Å². The maximum absolute atomic E-state index is 11.3. The Morgan fingerprint density at radius 2 is 1.76 bits per heavy atom. The van der Waals surface area contributed by atoms with Gasteiger partial charge in [-0.2, -0.15) is 0 Å². The van der Waals surface area contributed by atoms with Crippen LogP contribution in [0.2, 0.25) is 0 Å². The van der Waals surface area contributed by atoms with Crippen molar-refractivity contribution in [3.05, 3.63) is 29.8 Å². The number of carbonyl (C=O) groups is 2. The lowest BCUT2D eigenvalue weighted by Crippen LogP contribution is -2.45. The van der Waals surface area contributed by atoms with Crippen LogP contribution in [0.1, 0.15) is 26.3 Å². The lowest BCUT2D eigenvalue weighted by atomic mass is 9.90. The van der Waals surface area contributed by atoms with Crippen LogP contribution >= 0.6 is 0 Å². The number of ether oxygens (including phenoxy) is 1. The summed E-state index contributed by atoms with van der Waals surface area (Å²) in [6, 6.07) is 6.97. The molecule has 2 N–H and O–H groups in total. The van der Waals surface area contributed by atoms with E-state index in [-0.39, 0.29) is 11.8 Å². The Kier molecular flexibility index (Phi) is 4.02. The van der Waals surface area contributed by atoms with Crippen molar-refractivity contribution < 1.29 is 14.3 Å². The maximum Gasteiger partial charge on any atom is 0.308 e. The second-order valence-electron chi connectivity index (χ2n) is 4.39. The number of ketones is 1. The summed E-state index contributed by atoms with van der Waals surface area (Å²) >= 11 is 0. The zero-order valence-electron chi connectivity index (χ0n) is 10.3. The van der Waals surface area contributed by atoms with Gasteiger partial charge in [0.2, 0.25) is 0 Å². The molecule has 1 atom stereocenters. The van der Waals surface area contributed by atoms with Gasteiger partial charge in [-0.25, -0.2) is 0 Å². The van der Waals surface area contributed by atoms with Crippen LogP contribution in [0.25, 0.3) is 0 Å². The number of carbonyl (C=O) groups excluding carboxylic acids is 2. The summed E-state index contributed by atoms with van der Waals surface area (Å²) in [7, 11) is 0. The monoisotopic (exact) mass is 235 g/mol. The van der Waals surface area contributed by atoms with Gasteiger partial charge in [-0.1, -0.05) is 12.1 Å². The molecule has 0 aliphatic rings.